The van der Waals surface area contributed by atoms with Gasteiger partial charge in [0.1, 0.15) is 0 Å². The molecule has 6 nitrogen and oxygen atoms in total. The molecule has 0 amide bonds. The summed E-state index contributed by atoms with van der Waals surface area (Å²) in [4.78, 5) is 0.277. The predicted octanol–water partition coefficient (Wildman–Crippen LogP) is 1.51. The van der Waals surface area contributed by atoms with Crippen molar-refractivity contribution in [3.63, 3.8) is 0 Å². The molecule has 0 spiro atoms. The highest BCUT2D eigenvalue weighted by Gasteiger charge is 2.17. The molecule has 1 aromatic carbocycles. The lowest BCUT2D eigenvalue weighted by Gasteiger charge is -2.18. The van der Waals surface area contributed by atoms with Gasteiger partial charge in [-0.2, -0.15) is 0 Å². The Hall–Kier alpha value is -1.86. The van der Waals surface area contributed by atoms with Crippen molar-refractivity contribution < 1.29 is 12.9 Å². The molecule has 0 fully saturated rings. The second-order valence-corrected chi connectivity index (χ2v) is 6.42. The lowest BCUT2D eigenvalue weighted by molar-refractivity contribution is 0.380. The molecule has 0 bridgehead atoms. The Morgan fingerprint density at radius 2 is 2.25 bits per heavy atom. The van der Waals surface area contributed by atoms with Crippen LogP contribution in [0.2, 0.25) is 0 Å². The van der Waals surface area contributed by atoms with Gasteiger partial charge in [0.15, 0.2) is 5.76 Å². The summed E-state index contributed by atoms with van der Waals surface area (Å²) < 4.78 is 31.8. The van der Waals surface area contributed by atoms with Gasteiger partial charge < -0.3 is 9.84 Å². The summed E-state index contributed by atoms with van der Waals surface area (Å²) >= 11 is 0. The van der Waals surface area contributed by atoms with E-state index >= 15 is 0 Å². The van der Waals surface area contributed by atoms with Crippen molar-refractivity contribution in [3.8, 4) is 0 Å². The summed E-state index contributed by atoms with van der Waals surface area (Å²) in [5.41, 5.74) is 2.06. The zero-order chi connectivity index (χ0) is 14.0. The van der Waals surface area contributed by atoms with Crippen molar-refractivity contribution >= 4 is 15.7 Å². The molecular formula is C13H15N3O3S. The van der Waals surface area contributed by atoms with Crippen molar-refractivity contribution in [1.82, 2.24) is 9.88 Å². The first kappa shape index (κ1) is 13.1. The third kappa shape index (κ3) is 2.68. The fourth-order valence-corrected chi connectivity index (χ4v) is 3.24. The lowest BCUT2D eigenvalue weighted by Crippen LogP contribution is -2.23. The molecule has 2 aromatic rings. The number of aromatic nitrogens is 1. The van der Waals surface area contributed by atoms with Crippen LogP contribution in [0.25, 0.3) is 0 Å². The molecular weight excluding hydrogens is 278 g/mol. The second kappa shape index (κ2) is 5.26. The van der Waals surface area contributed by atoms with Gasteiger partial charge in [0.25, 0.3) is 0 Å². The molecule has 1 aromatic heterocycles. The highest BCUT2D eigenvalue weighted by atomic mass is 32.2. The zero-order valence-corrected chi connectivity index (χ0v) is 11.6. The van der Waals surface area contributed by atoms with Crippen LogP contribution in [0.5, 0.6) is 0 Å². The maximum Gasteiger partial charge on any atom is 0.240 e. The van der Waals surface area contributed by atoms with Crippen molar-refractivity contribution in [2.45, 2.75) is 24.3 Å². The van der Waals surface area contributed by atoms with E-state index in [1.54, 1.807) is 18.2 Å². The van der Waals surface area contributed by atoms with Gasteiger partial charge in [-0.05, 0) is 36.6 Å². The van der Waals surface area contributed by atoms with Gasteiger partial charge in [0.05, 0.1) is 17.6 Å². The van der Waals surface area contributed by atoms with Crippen molar-refractivity contribution in [3.05, 3.63) is 41.8 Å². The van der Waals surface area contributed by atoms with Crippen LogP contribution in [0.3, 0.4) is 0 Å². The Balaban J connectivity index is 1.80. The molecule has 7 heteroatoms. The fourth-order valence-electron chi connectivity index (χ4n) is 2.20. The predicted molar refractivity (Wildman–Crippen MR) is 73.8 cm³/mol. The lowest BCUT2D eigenvalue weighted by atomic mass is 10.0. The molecule has 20 heavy (non-hydrogen) atoms. The number of nitrogens with one attached hydrogen (secondary N) is 2. The normalized spacial score (nSPS) is 14.6. The largest absolute Gasteiger partial charge is 0.385 e. The van der Waals surface area contributed by atoms with E-state index in [0.29, 0.717) is 5.76 Å². The number of aryl methyl sites for hydroxylation is 1. The average Bonchev–Trinajstić information content (AvgIpc) is 2.98. The van der Waals surface area contributed by atoms with Gasteiger partial charge in [0, 0.05) is 18.3 Å². The van der Waals surface area contributed by atoms with Crippen molar-refractivity contribution in [1.29, 1.82) is 0 Å². The third-order valence-electron chi connectivity index (χ3n) is 3.25. The number of hydrogen-bond acceptors (Lipinski definition) is 5. The summed E-state index contributed by atoms with van der Waals surface area (Å²) in [6.45, 7) is 1.03. The van der Waals surface area contributed by atoms with Crippen LogP contribution in [0.1, 0.15) is 17.7 Å². The Kier molecular flexibility index (Phi) is 3.45. The summed E-state index contributed by atoms with van der Waals surface area (Å²) in [6, 6.07) is 6.78. The van der Waals surface area contributed by atoms with E-state index in [9.17, 15) is 8.42 Å². The molecule has 1 aliphatic heterocycles. The Bertz CT molecular complexity index is 696. The third-order valence-corrected chi connectivity index (χ3v) is 4.65. The first-order chi connectivity index (χ1) is 9.65. The number of anilines is 1. The number of sulfonamides is 1. The molecule has 0 saturated carbocycles. The van der Waals surface area contributed by atoms with Crippen LogP contribution in [0, 0.1) is 0 Å². The SMILES string of the molecule is O=S(=O)(NCc1ccno1)c1ccc2c(c1)CCCN2. The minimum atomic E-state index is -3.54. The average molecular weight is 293 g/mol. The van der Waals surface area contributed by atoms with Gasteiger partial charge in [-0.25, -0.2) is 13.1 Å². The Morgan fingerprint density at radius 1 is 1.35 bits per heavy atom. The zero-order valence-electron chi connectivity index (χ0n) is 10.8. The first-order valence-electron chi connectivity index (χ1n) is 6.41. The first-order valence-corrected chi connectivity index (χ1v) is 7.89. The quantitative estimate of drug-likeness (QED) is 0.892. The van der Waals surface area contributed by atoms with E-state index in [1.807, 2.05) is 6.07 Å². The van der Waals surface area contributed by atoms with E-state index in [0.717, 1.165) is 30.6 Å². The van der Waals surface area contributed by atoms with E-state index in [4.69, 9.17) is 4.52 Å². The van der Waals surface area contributed by atoms with Crippen LogP contribution < -0.4 is 10.0 Å². The van der Waals surface area contributed by atoms with Crippen LogP contribution in [0.15, 0.2) is 39.9 Å². The molecule has 2 heterocycles. The highest BCUT2D eigenvalue weighted by molar-refractivity contribution is 7.89. The van der Waals surface area contributed by atoms with Gasteiger partial charge in [0.2, 0.25) is 10.0 Å². The molecule has 0 radical (unpaired) electrons. The minimum absolute atomic E-state index is 0.0949. The number of fused-ring (bicyclic) bond motifs is 1. The highest BCUT2D eigenvalue weighted by Crippen LogP contribution is 2.24. The van der Waals surface area contributed by atoms with Crippen molar-refractivity contribution in [2.75, 3.05) is 11.9 Å². The van der Waals surface area contributed by atoms with Crippen LogP contribution in [-0.2, 0) is 23.0 Å². The van der Waals surface area contributed by atoms with E-state index < -0.39 is 10.0 Å². The minimum Gasteiger partial charge on any atom is -0.385 e. The number of hydrogen-bond donors (Lipinski definition) is 2. The molecule has 3 rings (SSSR count). The smallest absolute Gasteiger partial charge is 0.240 e. The maximum atomic E-state index is 12.2. The monoisotopic (exact) mass is 293 g/mol. The van der Waals surface area contributed by atoms with Crippen LogP contribution in [-0.4, -0.2) is 20.1 Å². The molecule has 0 aliphatic carbocycles. The molecule has 106 valence electrons. The fraction of sp³-hybridized carbons (Fsp3) is 0.308. The molecule has 0 unspecified atom stereocenters. The Morgan fingerprint density at radius 3 is 3.05 bits per heavy atom. The van der Waals surface area contributed by atoms with E-state index in [1.165, 1.54) is 6.20 Å². The maximum absolute atomic E-state index is 12.2. The summed E-state index contributed by atoms with van der Waals surface area (Å²) in [6.07, 6.45) is 3.39. The van der Waals surface area contributed by atoms with Gasteiger partial charge >= 0.3 is 0 Å². The molecule has 2 N–H and O–H groups in total. The molecule has 0 atom stereocenters. The van der Waals surface area contributed by atoms with Crippen LogP contribution >= 0.6 is 0 Å². The van der Waals surface area contributed by atoms with E-state index in [-0.39, 0.29) is 11.4 Å². The van der Waals surface area contributed by atoms with Crippen LogP contribution in [0.4, 0.5) is 5.69 Å². The Labute approximate surface area is 117 Å². The van der Waals surface area contributed by atoms with E-state index in [2.05, 4.69) is 15.2 Å². The standard InChI is InChI=1S/C13H15N3O3S/c17-20(18,16-9-11-5-7-15-19-11)12-3-4-13-10(8-12)2-1-6-14-13/h3-5,7-8,14,16H,1-2,6,9H2. The summed E-state index contributed by atoms with van der Waals surface area (Å²) in [5.74, 6) is 0.480. The number of rotatable bonds is 4. The molecule has 0 saturated heterocycles. The topological polar surface area (TPSA) is 84.2 Å². The molecule has 1 aliphatic rings. The van der Waals surface area contributed by atoms with Gasteiger partial charge in [-0.3, -0.25) is 0 Å². The number of nitrogens with zero attached hydrogens (tertiary/aromatic N) is 1. The van der Waals surface area contributed by atoms with Gasteiger partial charge in [-0.15, -0.1) is 0 Å². The second-order valence-electron chi connectivity index (χ2n) is 4.65. The summed E-state index contributed by atoms with van der Waals surface area (Å²) in [7, 11) is -3.54. The summed E-state index contributed by atoms with van der Waals surface area (Å²) in [5, 5.41) is 6.79. The van der Waals surface area contributed by atoms with Gasteiger partial charge in [-0.1, -0.05) is 5.16 Å². The van der Waals surface area contributed by atoms with Crippen molar-refractivity contribution in [2.24, 2.45) is 0 Å². The number of benzene rings is 1.